The van der Waals surface area contributed by atoms with Crippen molar-refractivity contribution >= 4 is 0 Å². The van der Waals surface area contributed by atoms with Gasteiger partial charge in [0.2, 0.25) is 5.89 Å². The highest BCUT2D eigenvalue weighted by atomic mass is 16.5. The van der Waals surface area contributed by atoms with Gasteiger partial charge in [-0.2, -0.15) is 4.98 Å². The molecule has 2 aromatic rings. The van der Waals surface area contributed by atoms with E-state index in [1.807, 2.05) is 6.20 Å². The van der Waals surface area contributed by atoms with Gasteiger partial charge in [-0.05, 0) is 63.9 Å². The van der Waals surface area contributed by atoms with Gasteiger partial charge in [0.25, 0.3) is 0 Å². The van der Waals surface area contributed by atoms with Gasteiger partial charge in [0.05, 0.1) is 5.92 Å². The van der Waals surface area contributed by atoms with E-state index in [0.717, 1.165) is 63.7 Å². The van der Waals surface area contributed by atoms with Gasteiger partial charge in [-0.15, -0.1) is 0 Å². The Balaban J connectivity index is 1.50. The van der Waals surface area contributed by atoms with Gasteiger partial charge in [-0.3, -0.25) is 4.98 Å². The van der Waals surface area contributed by atoms with E-state index >= 15 is 0 Å². The molecule has 1 N–H and O–H groups in total. The number of hydrogen-bond donors (Lipinski definition) is 1. The van der Waals surface area contributed by atoms with Crippen molar-refractivity contribution in [1.29, 1.82) is 0 Å². The minimum Gasteiger partial charge on any atom is -0.339 e. The first-order valence-electron chi connectivity index (χ1n) is 10.8. The summed E-state index contributed by atoms with van der Waals surface area (Å²) in [5.74, 6) is 2.30. The predicted octanol–water partition coefficient (Wildman–Crippen LogP) is 3.40. The molecule has 6 nitrogen and oxygen atoms in total. The van der Waals surface area contributed by atoms with Crippen LogP contribution in [0.5, 0.6) is 0 Å². The predicted molar refractivity (Wildman–Crippen MR) is 110 cm³/mol. The molecular weight excluding hydrogens is 350 g/mol. The summed E-state index contributed by atoms with van der Waals surface area (Å²) in [6, 6.07) is 4.45. The van der Waals surface area contributed by atoms with E-state index in [2.05, 4.69) is 53.3 Å². The van der Waals surface area contributed by atoms with Crippen molar-refractivity contribution in [3.63, 3.8) is 0 Å². The molecule has 0 saturated carbocycles. The minimum atomic E-state index is 0.138. The maximum atomic E-state index is 5.62. The number of likely N-dealkylation sites (tertiary alicyclic amines) is 1. The molecule has 0 aliphatic carbocycles. The maximum Gasteiger partial charge on any atom is 0.231 e. The quantitative estimate of drug-likeness (QED) is 0.854. The van der Waals surface area contributed by atoms with Crippen LogP contribution in [0.25, 0.3) is 0 Å². The molecule has 4 rings (SSSR count). The first kappa shape index (κ1) is 19.5. The summed E-state index contributed by atoms with van der Waals surface area (Å²) >= 11 is 0. The van der Waals surface area contributed by atoms with Crippen molar-refractivity contribution in [3.05, 3.63) is 41.3 Å². The van der Waals surface area contributed by atoms with Gasteiger partial charge in [0.1, 0.15) is 0 Å². The summed E-state index contributed by atoms with van der Waals surface area (Å²) < 4.78 is 5.62. The average Bonchev–Trinajstić information content (AvgIpc) is 3.20. The van der Waals surface area contributed by atoms with Crippen molar-refractivity contribution < 1.29 is 4.52 Å². The molecular formula is C22H33N5O. The van der Waals surface area contributed by atoms with Crippen LogP contribution in [0.1, 0.15) is 74.3 Å². The minimum absolute atomic E-state index is 0.138. The SMILES string of the molecule is Cc1ccc(C2(CN3CCCC(c4nc(C(C)C)no4)C3)CCNCC2)nc1. The van der Waals surface area contributed by atoms with Crippen LogP contribution in [-0.4, -0.2) is 52.7 Å². The highest BCUT2D eigenvalue weighted by Crippen LogP contribution is 2.36. The Morgan fingerprint density at radius 1 is 1.29 bits per heavy atom. The molecule has 0 amide bonds. The Bertz CT molecular complexity index is 763. The molecule has 2 aromatic heterocycles. The second-order valence-electron chi connectivity index (χ2n) is 8.97. The van der Waals surface area contributed by atoms with Gasteiger partial charge in [0.15, 0.2) is 5.82 Å². The Labute approximate surface area is 168 Å². The molecule has 0 radical (unpaired) electrons. The molecule has 1 atom stereocenters. The van der Waals surface area contributed by atoms with E-state index in [0.29, 0.717) is 11.8 Å². The van der Waals surface area contributed by atoms with Gasteiger partial charge in [-0.1, -0.05) is 25.1 Å². The number of piperidine rings is 2. The van der Waals surface area contributed by atoms with Crippen LogP contribution in [-0.2, 0) is 5.41 Å². The molecule has 2 aliphatic rings. The molecule has 2 fully saturated rings. The molecule has 1 unspecified atom stereocenters. The summed E-state index contributed by atoms with van der Waals surface area (Å²) in [7, 11) is 0. The number of pyridine rings is 1. The third-order valence-electron chi connectivity index (χ3n) is 6.37. The Hall–Kier alpha value is -1.79. The topological polar surface area (TPSA) is 67.1 Å². The van der Waals surface area contributed by atoms with Crippen LogP contribution < -0.4 is 5.32 Å². The Morgan fingerprint density at radius 2 is 2.11 bits per heavy atom. The van der Waals surface area contributed by atoms with Crippen LogP contribution >= 0.6 is 0 Å². The lowest BCUT2D eigenvalue weighted by molar-refractivity contribution is 0.129. The van der Waals surface area contributed by atoms with Gasteiger partial charge < -0.3 is 14.7 Å². The number of nitrogens with one attached hydrogen (secondary N) is 1. The first-order valence-corrected chi connectivity index (χ1v) is 10.8. The van der Waals surface area contributed by atoms with Gasteiger partial charge >= 0.3 is 0 Å². The largest absolute Gasteiger partial charge is 0.339 e. The molecule has 4 heterocycles. The molecule has 0 aromatic carbocycles. The molecule has 2 aliphatic heterocycles. The number of hydrogen-bond acceptors (Lipinski definition) is 6. The molecule has 2 saturated heterocycles. The number of rotatable bonds is 5. The lowest BCUT2D eigenvalue weighted by atomic mass is 9.74. The molecule has 152 valence electrons. The van der Waals surface area contributed by atoms with Crippen LogP contribution in [0.2, 0.25) is 0 Å². The summed E-state index contributed by atoms with van der Waals surface area (Å²) in [4.78, 5) is 12.1. The van der Waals surface area contributed by atoms with E-state index in [4.69, 9.17) is 9.51 Å². The maximum absolute atomic E-state index is 5.62. The van der Waals surface area contributed by atoms with Crippen LogP contribution in [0.15, 0.2) is 22.9 Å². The highest BCUT2D eigenvalue weighted by Gasteiger charge is 2.38. The lowest BCUT2D eigenvalue weighted by Gasteiger charge is -2.43. The fourth-order valence-electron chi connectivity index (χ4n) is 4.66. The zero-order chi connectivity index (χ0) is 19.6. The summed E-state index contributed by atoms with van der Waals surface area (Å²) in [5, 5.41) is 7.70. The zero-order valence-corrected chi connectivity index (χ0v) is 17.4. The van der Waals surface area contributed by atoms with Crippen LogP contribution in [0.4, 0.5) is 0 Å². The fourth-order valence-corrected chi connectivity index (χ4v) is 4.66. The first-order chi connectivity index (χ1) is 13.6. The third kappa shape index (κ3) is 4.13. The lowest BCUT2D eigenvalue weighted by Crippen LogP contribution is -2.50. The van der Waals surface area contributed by atoms with E-state index < -0.39 is 0 Å². The molecule has 0 bridgehead atoms. The summed E-state index contributed by atoms with van der Waals surface area (Å²) in [6.07, 6.45) is 6.61. The summed E-state index contributed by atoms with van der Waals surface area (Å²) in [5.41, 5.74) is 2.61. The normalized spacial score (nSPS) is 23.2. The zero-order valence-electron chi connectivity index (χ0n) is 17.4. The fraction of sp³-hybridized carbons (Fsp3) is 0.682. The van der Waals surface area contributed by atoms with Gasteiger partial charge in [-0.25, -0.2) is 0 Å². The number of nitrogens with zero attached hydrogens (tertiary/aromatic N) is 4. The van der Waals surface area contributed by atoms with Crippen molar-refractivity contribution in [1.82, 2.24) is 25.3 Å². The smallest absolute Gasteiger partial charge is 0.231 e. The molecule has 6 heteroatoms. The average molecular weight is 384 g/mol. The highest BCUT2D eigenvalue weighted by molar-refractivity contribution is 5.22. The summed E-state index contributed by atoms with van der Waals surface area (Å²) in [6.45, 7) is 11.7. The standard InChI is InChI=1S/C22H33N5O/c1-16(2)20-25-21(28-26-20)18-5-4-12-27(14-18)15-22(8-10-23-11-9-22)19-7-6-17(3)13-24-19/h6-7,13,16,18,23H,4-5,8-12,14-15H2,1-3H3. The van der Waals surface area contributed by atoms with Crippen LogP contribution in [0, 0.1) is 6.92 Å². The Kier molecular flexibility index (Phi) is 5.78. The molecule has 28 heavy (non-hydrogen) atoms. The van der Waals surface area contributed by atoms with Crippen LogP contribution in [0.3, 0.4) is 0 Å². The third-order valence-corrected chi connectivity index (χ3v) is 6.37. The van der Waals surface area contributed by atoms with Crippen molar-refractivity contribution in [2.24, 2.45) is 0 Å². The van der Waals surface area contributed by atoms with Crippen molar-refractivity contribution in [2.45, 2.75) is 63.7 Å². The second kappa shape index (κ2) is 8.29. The van der Waals surface area contributed by atoms with Crippen molar-refractivity contribution in [3.8, 4) is 0 Å². The second-order valence-corrected chi connectivity index (χ2v) is 8.97. The van der Waals surface area contributed by atoms with E-state index in [1.54, 1.807) is 0 Å². The molecule has 0 spiro atoms. The number of aromatic nitrogens is 3. The van der Waals surface area contributed by atoms with E-state index in [-0.39, 0.29) is 5.41 Å². The van der Waals surface area contributed by atoms with E-state index in [1.165, 1.54) is 17.7 Å². The Morgan fingerprint density at radius 3 is 2.79 bits per heavy atom. The van der Waals surface area contributed by atoms with E-state index in [9.17, 15) is 0 Å². The van der Waals surface area contributed by atoms with Crippen molar-refractivity contribution in [2.75, 3.05) is 32.7 Å². The number of aryl methyl sites for hydroxylation is 1. The van der Waals surface area contributed by atoms with Gasteiger partial charge in [0, 0.05) is 36.3 Å². The monoisotopic (exact) mass is 383 g/mol.